The van der Waals surface area contributed by atoms with Gasteiger partial charge in [-0.15, -0.1) is 0 Å². The van der Waals surface area contributed by atoms with Gasteiger partial charge in [-0.2, -0.15) is 0 Å². The lowest BCUT2D eigenvalue weighted by atomic mass is 10.0. The van der Waals surface area contributed by atoms with Crippen LogP contribution in [0.4, 0.5) is 0 Å². The molecule has 100 valence electrons. The number of hydrogen-bond acceptors (Lipinski definition) is 2. The van der Waals surface area contributed by atoms with Gasteiger partial charge in [-0.25, -0.2) is 0 Å². The van der Waals surface area contributed by atoms with Crippen molar-refractivity contribution in [2.75, 3.05) is 13.7 Å². The Morgan fingerprint density at radius 1 is 0.842 bits per heavy atom. The number of methoxy groups -OCH3 is 1. The Bertz CT molecular complexity index is 520. The van der Waals surface area contributed by atoms with Crippen molar-refractivity contribution in [2.24, 2.45) is 0 Å². The standard InChI is InChI=1S/C17H20O2/c1-3-4-13-19-17-12-8-6-10-15(17)14-9-5-7-11-16(14)18-2/h5-12H,3-4,13H2,1-2H3. The highest BCUT2D eigenvalue weighted by Gasteiger charge is 2.09. The van der Waals surface area contributed by atoms with Gasteiger partial charge in [0.05, 0.1) is 13.7 Å². The largest absolute Gasteiger partial charge is 0.496 e. The molecule has 0 N–H and O–H groups in total. The quantitative estimate of drug-likeness (QED) is 0.706. The number of benzene rings is 2. The summed E-state index contributed by atoms with van der Waals surface area (Å²) in [6, 6.07) is 16.1. The first-order chi connectivity index (χ1) is 9.36. The van der Waals surface area contributed by atoms with Gasteiger partial charge in [0, 0.05) is 11.1 Å². The average molecular weight is 256 g/mol. The summed E-state index contributed by atoms with van der Waals surface area (Å²) in [7, 11) is 1.69. The molecule has 0 amide bonds. The van der Waals surface area contributed by atoms with E-state index in [1.54, 1.807) is 7.11 Å². The first-order valence-electron chi connectivity index (χ1n) is 6.72. The summed E-state index contributed by atoms with van der Waals surface area (Å²) in [6.07, 6.45) is 2.21. The molecule has 19 heavy (non-hydrogen) atoms. The highest BCUT2D eigenvalue weighted by Crippen LogP contribution is 2.35. The molecule has 2 rings (SSSR count). The van der Waals surface area contributed by atoms with E-state index in [1.165, 1.54) is 0 Å². The van der Waals surface area contributed by atoms with Gasteiger partial charge in [0.1, 0.15) is 11.5 Å². The lowest BCUT2D eigenvalue weighted by Crippen LogP contribution is -1.98. The molecular formula is C17H20O2. The molecular weight excluding hydrogens is 236 g/mol. The summed E-state index contributed by atoms with van der Waals surface area (Å²) >= 11 is 0. The predicted octanol–water partition coefficient (Wildman–Crippen LogP) is 4.54. The SMILES string of the molecule is CCCCOc1ccccc1-c1ccccc1OC. The molecule has 2 aromatic rings. The fraction of sp³-hybridized carbons (Fsp3) is 0.294. The van der Waals surface area contributed by atoms with E-state index in [9.17, 15) is 0 Å². The van der Waals surface area contributed by atoms with Gasteiger partial charge in [-0.05, 0) is 18.6 Å². The van der Waals surface area contributed by atoms with E-state index in [2.05, 4.69) is 19.1 Å². The molecule has 0 aromatic heterocycles. The lowest BCUT2D eigenvalue weighted by molar-refractivity contribution is 0.310. The number of hydrogen-bond donors (Lipinski definition) is 0. The van der Waals surface area contributed by atoms with Gasteiger partial charge in [-0.3, -0.25) is 0 Å². The molecule has 0 aliphatic carbocycles. The Morgan fingerprint density at radius 2 is 1.42 bits per heavy atom. The van der Waals surface area contributed by atoms with Gasteiger partial charge < -0.3 is 9.47 Å². The van der Waals surface area contributed by atoms with E-state index in [0.717, 1.165) is 42.1 Å². The van der Waals surface area contributed by atoms with Crippen molar-refractivity contribution in [1.82, 2.24) is 0 Å². The van der Waals surface area contributed by atoms with Gasteiger partial charge >= 0.3 is 0 Å². The van der Waals surface area contributed by atoms with Crippen molar-refractivity contribution in [2.45, 2.75) is 19.8 Å². The maximum Gasteiger partial charge on any atom is 0.127 e. The highest BCUT2D eigenvalue weighted by molar-refractivity contribution is 5.75. The number of unbranched alkanes of at least 4 members (excludes halogenated alkanes) is 1. The molecule has 0 aliphatic heterocycles. The zero-order chi connectivity index (χ0) is 13.5. The average Bonchev–Trinajstić information content (AvgIpc) is 2.48. The molecule has 0 spiro atoms. The topological polar surface area (TPSA) is 18.5 Å². The maximum atomic E-state index is 5.88. The van der Waals surface area contributed by atoms with Crippen LogP contribution < -0.4 is 9.47 Å². The van der Waals surface area contributed by atoms with Crippen molar-refractivity contribution in [1.29, 1.82) is 0 Å². The van der Waals surface area contributed by atoms with E-state index < -0.39 is 0 Å². The molecule has 0 heterocycles. The van der Waals surface area contributed by atoms with Crippen molar-refractivity contribution in [3.05, 3.63) is 48.5 Å². The van der Waals surface area contributed by atoms with Crippen molar-refractivity contribution < 1.29 is 9.47 Å². The van der Waals surface area contributed by atoms with E-state index in [1.807, 2.05) is 36.4 Å². The summed E-state index contributed by atoms with van der Waals surface area (Å²) in [5, 5.41) is 0. The normalized spacial score (nSPS) is 10.2. The van der Waals surface area contributed by atoms with Crippen molar-refractivity contribution >= 4 is 0 Å². The van der Waals surface area contributed by atoms with Crippen LogP contribution in [0.1, 0.15) is 19.8 Å². The fourth-order valence-corrected chi connectivity index (χ4v) is 2.01. The Hall–Kier alpha value is -1.96. The lowest BCUT2D eigenvalue weighted by Gasteiger charge is -2.13. The number of rotatable bonds is 6. The van der Waals surface area contributed by atoms with Crippen LogP contribution in [0.15, 0.2) is 48.5 Å². The molecule has 0 fully saturated rings. The molecule has 0 atom stereocenters. The molecule has 0 aliphatic rings. The second kappa shape index (κ2) is 6.83. The molecule has 0 bridgehead atoms. The second-order valence-corrected chi connectivity index (χ2v) is 4.40. The maximum absolute atomic E-state index is 5.88. The summed E-state index contributed by atoms with van der Waals surface area (Å²) in [5.41, 5.74) is 2.15. The summed E-state index contributed by atoms with van der Waals surface area (Å²) in [4.78, 5) is 0. The van der Waals surface area contributed by atoms with Gasteiger partial charge in [0.15, 0.2) is 0 Å². The van der Waals surface area contributed by atoms with E-state index in [0.29, 0.717) is 0 Å². The van der Waals surface area contributed by atoms with E-state index >= 15 is 0 Å². The molecule has 0 saturated carbocycles. The predicted molar refractivity (Wildman–Crippen MR) is 78.8 cm³/mol. The summed E-state index contributed by atoms with van der Waals surface area (Å²) < 4.78 is 11.3. The van der Waals surface area contributed by atoms with Crippen LogP contribution in [0, 0.1) is 0 Å². The minimum Gasteiger partial charge on any atom is -0.496 e. The summed E-state index contributed by atoms with van der Waals surface area (Å²) in [6.45, 7) is 2.91. The monoisotopic (exact) mass is 256 g/mol. The molecule has 2 aromatic carbocycles. The molecule has 0 radical (unpaired) electrons. The minimum atomic E-state index is 0.753. The Kier molecular flexibility index (Phi) is 4.85. The van der Waals surface area contributed by atoms with Crippen molar-refractivity contribution in [3.63, 3.8) is 0 Å². The molecule has 0 saturated heterocycles. The molecule has 2 heteroatoms. The van der Waals surface area contributed by atoms with Crippen LogP contribution in [0.3, 0.4) is 0 Å². The smallest absolute Gasteiger partial charge is 0.127 e. The zero-order valence-electron chi connectivity index (χ0n) is 11.6. The molecule has 0 unspecified atom stereocenters. The molecule has 2 nitrogen and oxygen atoms in total. The van der Waals surface area contributed by atoms with E-state index in [-0.39, 0.29) is 0 Å². The fourth-order valence-electron chi connectivity index (χ4n) is 2.01. The second-order valence-electron chi connectivity index (χ2n) is 4.40. The number of ether oxygens (including phenoxy) is 2. The summed E-state index contributed by atoms with van der Waals surface area (Å²) in [5.74, 6) is 1.79. The third kappa shape index (κ3) is 3.28. The Labute approximate surface area is 115 Å². The first-order valence-corrected chi connectivity index (χ1v) is 6.72. The van der Waals surface area contributed by atoms with Gasteiger partial charge in [0.25, 0.3) is 0 Å². The van der Waals surface area contributed by atoms with Gasteiger partial charge in [-0.1, -0.05) is 49.7 Å². The Balaban J connectivity index is 2.33. The van der Waals surface area contributed by atoms with Crippen LogP contribution in [0.5, 0.6) is 11.5 Å². The van der Waals surface area contributed by atoms with Crippen molar-refractivity contribution in [3.8, 4) is 22.6 Å². The highest BCUT2D eigenvalue weighted by atomic mass is 16.5. The van der Waals surface area contributed by atoms with Gasteiger partial charge in [0.2, 0.25) is 0 Å². The Morgan fingerprint density at radius 3 is 2.05 bits per heavy atom. The zero-order valence-corrected chi connectivity index (χ0v) is 11.6. The first kappa shape index (κ1) is 13.5. The number of para-hydroxylation sites is 2. The van der Waals surface area contributed by atoms with Crippen LogP contribution >= 0.6 is 0 Å². The van der Waals surface area contributed by atoms with Crippen LogP contribution in [0.2, 0.25) is 0 Å². The third-order valence-electron chi connectivity index (χ3n) is 3.04. The third-order valence-corrected chi connectivity index (χ3v) is 3.04. The van der Waals surface area contributed by atoms with Crippen LogP contribution in [0.25, 0.3) is 11.1 Å². The van der Waals surface area contributed by atoms with E-state index in [4.69, 9.17) is 9.47 Å². The van der Waals surface area contributed by atoms with Crippen LogP contribution in [-0.2, 0) is 0 Å². The minimum absolute atomic E-state index is 0.753. The van der Waals surface area contributed by atoms with Crippen LogP contribution in [-0.4, -0.2) is 13.7 Å².